The normalized spacial score (nSPS) is 13.3. The first-order valence-electron chi connectivity index (χ1n) is 7.72. The Labute approximate surface area is 145 Å². The van der Waals surface area contributed by atoms with Crippen molar-refractivity contribution in [1.29, 1.82) is 0 Å². The molecule has 1 atom stereocenters. The van der Waals surface area contributed by atoms with Gasteiger partial charge in [-0.1, -0.05) is 60.7 Å². The van der Waals surface area contributed by atoms with Crippen LogP contribution in [0.1, 0.15) is 11.1 Å². The zero-order valence-electron chi connectivity index (χ0n) is 13.3. The quantitative estimate of drug-likeness (QED) is 0.646. The Bertz CT molecular complexity index is 952. The molecule has 3 aromatic carbocycles. The molecule has 0 amide bonds. The summed E-state index contributed by atoms with van der Waals surface area (Å²) < 4.78 is 17.9. The van der Waals surface area contributed by atoms with Crippen molar-refractivity contribution in [3.05, 3.63) is 77.9 Å². The summed E-state index contributed by atoms with van der Waals surface area (Å²) in [5.74, 6) is -0.903. The van der Waals surface area contributed by atoms with Crippen LogP contribution in [0.3, 0.4) is 0 Å². The van der Waals surface area contributed by atoms with Gasteiger partial charge in [0, 0.05) is 5.56 Å². The molecule has 0 aliphatic rings. The SMILES string of the molecule is O=C(O)Cc1c(OP(=O)(O)Cc2ccccc2)ccc2ccccc12. The monoisotopic (exact) mass is 356 g/mol. The second-order valence-electron chi connectivity index (χ2n) is 5.71. The fourth-order valence-electron chi connectivity index (χ4n) is 2.74. The third-order valence-electron chi connectivity index (χ3n) is 3.79. The number of fused-ring (bicyclic) bond motifs is 1. The summed E-state index contributed by atoms with van der Waals surface area (Å²) in [4.78, 5) is 21.5. The highest BCUT2D eigenvalue weighted by Gasteiger charge is 2.24. The van der Waals surface area contributed by atoms with Crippen LogP contribution < -0.4 is 4.52 Å². The maximum absolute atomic E-state index is 12.5. The van der Waals surface area contributed by atoms with Gasteiger partial charge in [0.05, 0.1) is 12.6 Å². The molecule has 0 aromatic heterocycles. The van der Waals surface area contributed by atoms with E-state index < -0.39 is 13.6 Å². The Morgan fingerprint density at radius 1 is 0.960 bits per heavy atom. The summed E-state index contributed by atoms with van der Waals surface area (Å²) in [5.41, 5.74) is 1.07. The molecule has 0 heterocycles. The van der Waals surface area contributed by atoms with Crippen LogP contribution in [-0.2, 0) is 21.9 Å². The lowest BCUT2D eigenvalue weighted by molar-refractivity contribution is -0.136. The molecule has 2 N–H and O–H groups in total. The van der Waals surface area contributed by atoms with E-state index >= 15 is 0 Å². The van der Waals surface area contributed by atoms with Crippen LogP contribution in [0.5, 0.6) is 5.75 Å². The van der Waals surface area contributed by atoms with Crippen LogP contribution in [0.15, 0.2) is 66.7 Å². The standard InChI is InChI=1S/C19H17O5P/c20-19(21)12-17-16-9-5-4-8-15(16)10-11-18(17)24-25(22,23)13-14-6-2-1-3-7-14/h1-11H,12-13H2,(H,20,21)(H,22,23). The molecule has 5 nitrogen and oxygen atoms in total. The highest BCUT2D eigenvalue weighted by molar-refractivity contribution is 7.52. The summed E-state index contributed by atoms with van der Waals surface area (Å²) in [6.45, 7) is 0. The third-order valence-corrected chi connectivity index (χ3v) is 5.04. The zero-order chi connectivity index (χ0) is 17.9. The van der Waals surface area contributed by atoms with E-state index in [9.17, 15) is 19.4 Å². The Hall–Kier alpha value is -2.62. The van der Waals surface area contributed by atoms with Gasteiger partial charge in [-0.3, -0.25) is 4.79 Å². The summed E-state index contributed by atoms with van der Waals surface area (Å²) >= 11 is 0. The van der Waals surface area contributed by atoms with Crippen LogP contribution >= 0.6 is 7.60 Å². The highest BCUT2D eigenvalue weighted by Crippen LogP contribution is 2.47. The molecule has 0 saturated carbocycles. The van der Waals surface area contributed by atoms with Crippen molar-refractivity contribution in [2.75, 3.05) is 0 Å². The molecule has 0 radical (unpaired) electrons. The fourth-order valence-corrected chi connectivity index (χ4v) is 3.95. The Morgan fingerprint density at radius 2 is 1.64 bits per heavy atom. The number of carboxylic acid groups (broad SMARTS) is 1. The molecule has 25 heavy (non-hydrogen) atoms. The summed E-state index contributed by atoms with van der Waals surface area (Å²) in [6.07, 6.45) is -0.435. The van der Waals surface area contributed by atoms with Crippen LogP contribution in [0, 0.1) is 0 Å². The van der Waals surface area contributed by atoms with Crippen molar-refractivity contribution in [3.63, 3.8) is 0 Å². The summed E-state index contributed by atoms with van der Waals surface area (Å²) in [6, 6.07) is 19.4. The molecular weight excluding hydrogens is 339 g/mol. The van der Waals surface area contributed by atoms with Gasteiger partial charge in [-0.2, -0.15) is 0 Å². The minimum atomic E-state index is -3.98. The van der Waals surface area contributed by atoms with E-state index in [0.29, 0.717) is 16.5 Å². The van der Waals surface area contributed by atoms with Gasteiger partial charge in [-0.05, 0) is 22.4 Å². The van der Waals surface area contributed by atoms with Crippen molar-refractivity contribution < 1.29 is 23.9 Å². The average molecular weight is 356 g/mol. The fraction of sp³-hybridized carbons (Fsp3) is 0.105. The molecule has 0 aliphatic heterocycles. The first kappa shape index (κ1) is 17.2. The number of benzene rings is 3. The topological polar surface area (TPSA) is 83.8 Å². The Morgan fingerprint density at radius 3 is 2.36 bits per heavy atom. The molecule has 0 spiro atoms. The van der Waals surface area contributed by atoms with Gasteiger partial charge in [-0.15, -0.1) is 0 Å². The molecular formula is C19H17O5P. The van der Waals surface area contributed by atoms with Gasteiger partial charge in [0.25, 0.3) is 0 Å². The molecule has 3 aromatic rings. The van der Waals surface area contributed by atoms with E-state index in [1.807, 2.05) is 18.2 Å². The molecule has 0 saturated heterocycles. The predicted octanol–water partition coefficient (Wildman–Crippen LogP) is 4.23. The minimum Gasteiger partial charge on any atom is -0.481 e. The molecule has 128 valence electrons. The van der Waals surface area contributed by atoms with E-state index in [4.69, 9.17) is 4.52 Å². The average Bonchev–Trinajstić information content (AvgIpc) is 2.57. The second-order valence-corrected chi connectivity index (χ2v) is 7.48. The van der Waals surface area contributed by atoms with Crippen molar-refractivity contribution in [1.82, 2.24) is 0 Å². The maximum Gasteiger partial charge on any atom is 0.380 e. The lowest BCUT2D eigenvalue weighted by atomic mass is 10.0. The maximum atomic E-state index is 12.5. The molecule has 3 rings (SSSR count). The van der Waals surface area contributed by atoms with Gasteiger partial charge in [-0.25, -0.2) is 4.57 Å². The summed E-state index contributed by atoms with van der Waals surface area (Å²) in [5, 5.41) is 10.7. The van der Waals surface area contributed by atoms with Crippen LogP contribution in [0.4, 0.5) is 0 Å². The number of rotatable bonds is 6. The minimum absolute atomic E-state index is 0.128. The third kappa shape index (κ3) is 4.27. The second kappa shape index (κ2) is 7.09. The van der Waals surface area contributed by atoms with Gasteiger partial charge >= 0.3 is 13.6 Å². The first-order valence-corrected chi connectivity index (χ1v) is 9.49. The predicted molar refractivity (Wildman–Crippen MR) is 95.9 cm³/mol. The molecule has 1 unspecified atom stereocenters. The van der Waals surface area contributed by atoms with Gasteiger partial charge < -0.3 is 14.5 Å². The Balaban J connectivity index is 1.97. The molecule has 6 heteroatoms. The largest absolute Gasteiger partial charge is 0.481 e. The lowest BCUT2D eigenvalue weighted by Gasteiger charge is -2.17. The summed E-state index contributed by atoms with van der Waals surface area (Å²) in [7, 11) is -3.98. The van der Waals surface area contributed by atoms with Crippen molar-refractivity contribution >= 4 is 24.3 Å². The number of aliphatic carboxylic acids is 1. The molecule has 0 aliphatic carbocycles. The van der Waals surface area contributed by atoms with Crippen molar-refractivity contribution in [3.8, 4) is 5.75 Å². The smallest absolute Gasteiger partial charge is 0.380 e. The lowest BCUT2D eigenvalue weighted by Crippen LogP contribution is -2.05. The van der Waals surface area contributed by atoms with E-state index in [1.54, 1.807) is 48.5 Å². The van der Waals surface area contributed by atoms with Crippen LogP contribution in [0.25, 0.3) is 10.8 Å². The number of carbonyl (C=O) groups is 1. The van der Waals surface area contributed by atoms with E-state index in [0.717, 1.165) is 5.39 Å². The highest BCUT2D eigenvalue weighted by atomic mass is 31.2. The number of hydrogen-bond acceptors (Lipinski definition) is 3. The van der Waals surface area contributed by atoms with Gasteiger partial charge in [0.2, 0.25) is 0 Å². The molecule has 0 fully saturated rings. The number of carboxylic acids is 1. The van der Waals surface area contributed by atoms with Crippen LogP contribution in [-0.4, -0.2) is 16.0 Å². The van der Waals surface area contributed by atoms with E-state index in [1.165, 1.54) is 0 Å². The Kier molecular flexibility index (Phi) is 4.88. The van der Waals surface area contributed by atoms with E-state index in [-0.39, 0.29) is 18.3 Å². The van der Waals surface area contributed by atoms with Gasteiger partial charge in [0.1, 0.15) is 5.75 Å². The van der Waals surface area contributed by atoms with Crippen molar-refractivity contribution in [2.24, 2.45) is 0 Å². The van der Waals surface area contributed by atoms with Crippen molar-refractivity contribution in [2.45, 2.75) is 12.6 Å². The number of hydrogen-bond donors (Lipinski definition) is 2. The van der Waals surface area contributed by atoms with Crippen LogP contribution in [0.2, 0.25) is 0 Å². The first-order chi connectivity index (χ1) is 11.9. The van der Waals surface area contributed by atoms with Gasteiger partial charge in [0.15, 0.2) is 0 Å². The van der Waals surface area contributed by atoms with E-state index in [2.05, 4.69) is 0 Å². The molecule has 0 bridgehead atoms. The zero-order valence-corrected chi connectivity index (χ0v) is 14.2.